The van der Waals surface area contributed by atoms with Gasteiger partial charge in [-0.25, -0.2) is 14.4 Å². The van der Waals surface area contributed by atoms with E-state index in [1.807, 2.05) is 0 Å². The minimum Gasteiger partial charge on any atom is -0.493 e. The SMILES string of the molecule is C=C1C[C@@H](CO)N(C(=O)c2cc(OC)c(OCCCCCOc3cc(NC(=O)OCc4ccc(NC(=O)C(CCCNC(N)=O)NC(=O)C(NC(=O)CCCCCN5C(=O)C=CC5=O)C(C)C)cc4)c(C(=O)N4CC(=C)C[C@H]4CO)cc3OC)cc2NC(=O)O)C1. The molecule has 4 atom stereocenters. The molecule has 11 N–H and O–H groups in total. The number of imide groups is 1. The van der Waals surface area contributed by atoms with Crippen LogP contribution in [0, 0.1) is 5.92 Å². The number of nitrogens with one attached hydrogen (secondary N) is 6. The van der Waals surface area contributed by atoms with Crippen molar-refractivity contribution in [3.8, 4) is 23.0 Å². The van der Waals surface area contributed by atoms with Crippen LogP contribution in [0.15, 0.2) is 85.0 Å². The van der Waals surface area contributed by atoms with Crippen molar-refractivity contribution in [1.29, 1.82) is 0 Å². The second kappa shape index (κ2) is 34.3. The number of aliphatic hydroxyl groups is 2. The first kappa shape index (κ1) is 70.4. The molecule has 3 aromatic carbocycles. The van der Waals surface area contributed by atoms with Crippen LogP contribution in [-0.2, 0) is 35.3 Å². The molecular weight excluding hydrogens is 1180 g/mol. The molecule has 2 fully saturated rings. The molecule has 91 heavy (non-hydrogen) atoms. The molecule has 0 aromatic heterocycles. The number of anilines is 3. The molecule has 11 amide bonds. The average Bonchev–Trinajstić information content (AvgIpc) is 1.87. The van der Waals surface area contributed by atoms with Crippen molar-refractivity contribution in [2.45, 2.75) is 115 Å². The van der Waals surface area contributed by atoms with Crippen LogP contribution >= 0.6 is 0 Å². The highest BCUT2D eigenvalue weighted by Gasteiger charge is 2.36. The molecule has 3 heterocycles. The molecule has 0 saturated carbocycles. The summed E-state index contributed by atoms with van der Waals surface area (Å²) in [5.74, 6) is -3.11. The second-order valence-electron chi connectivity index (χ2n) is 22.4. The summed E-state index contributed by atoms with van der Waals surface area (Å²) in [5.41, 5.74) is 7.51. The lowest BCUT2D eigenvalue weighted by Gasteiger charge is -2.25. The van der Waals surface area contributed by atoms with E-state index >= 15 is 0 Å². The van der Waals surface area contributed by atoms with Crippen LogP contribution < -0.4 is 56.6 Å². The number of rotatable bonds is 34. The largest absolute Gasteiger partial charge is 0.493 e. The Morgan fingerprint density at radius 2 is 1.21 bits per heavy atom. The molecule has 2 saturated heterocycles. The van der Waals surface area contributed by atoms with Gasteiger partial charge in [-0.1, -0.05) is 56.7 Å². The fraction of sp³-hybridized carbons (Fsp3) is 0.460. The van der Waals surface area contributed by atoms with Gasteiger partial charge in [0.05, 0.1) is 75.2 Å². The Balaban J connectivity index is 1.05. The van der Waals surface area contributed by atoms with Crippen LogP contribution in [-0.4, -0.2) is 181 Å². The number of carboxylic acid groups (broad SMARTS) is 1. The van der Waals surface area contributed by atoms with Crippen molar-refractivity contribution in [1.82, 2.24) is 30.7 Å². The number of methoxy groups -OCH3 is 2. The number of hydrogen-bond donors (Lipinski definition) is 10. The molecule has 0 bridgehead atoms. The normalized spacial score (nSPS) is 15.9. The lowest BCUT2D eigenvalue weighted by molar-refractivity contribution is -0.137. The van der Waals surface area contributed by atoms with E-state index in [-0.39, 0.29) is 142 Å². The highest BCUT2D eigenvalue weighted by molar-refractivity contribution is 6.13. The molecule has 0 aliphatic carbocycles. The zero-order valence-corrected chi connectivity index (χ0v) is 51.6. The Kier molecular flexibility index (Phi) is 26.5. The van der Waals surface area contributed by atoms with Gasteiger partial charge in [-0.15, -0.1) is 0 Å². The summed E-state index contributed by atoms with van der Waals surface area (Å²) in [4.78, 5) is 133. The summed E-state index contributed by atoms with van der Waals surface area (Å²) < 4.78 is 28.9. The standard InChI is InChI=1S/C63H82N10O18/c1-37(2)56(70-53(76)15-9-7-10-23-71-54(77)20-21-55(71)78)58(80)67-46(14-13-22-65-61(64)83)57(79)66-41-18-16-40(17-19-41)36-91-63(86)69-48-31-52(50(88-6)29-45(48)60(82)73-33-39(4)27-43(73)35-75)90-25-12-8-11-24-89-51-30-47(68-62(84)85)44(28-49(51)87-5)59(81)72-32-38(3)26-42(72)34-74/h16-21,28-31,37,42-43,46,56,68,74-75H,3-4,7-15,22-27,32-36H2,1-2,5-6H3,(H,66,79)(H,67,80)(H,69,86)(H,70,76)(H,84,85)(H3,64,65,83)/t42-,43-,46?,56?/m0/s1. The minimum atomic E-state index is -1.41. The van der Waals surface area contributed by atoms with Gasteiger partial charge in [-0.2, -0.15) is 0 Å². The molecule has 28 heteroatoms. The van der Waals surface area contributed by atoms with Crippen molar-refractivity contribution in [3.05, 3.63) is 102 Å². The first-order chi connectivity index (χ1) is 43.5. The van der Waals surface area contributed by atoms with Crippen LogP contribution in [0.2, 0.25) is 0 Å². The fourth-order valence-electron chi connectivity index (χ4n) is 10.4. The zero-order valence-electron chi connectivity index (χ0n) is 51.6. The van der Waals surface area contributed by atoms with Gasteiger partial charge < -0.3 is 75.8 Å². The lowest BCUT2D eigenvalue weighted by Crippen LogP contribution is -2.54. The summed E-state index contributed by atoms with van der Waals surface area (Å²) in [5, 5.41) is 45.3. The molecule has 3 aliphatic heterocycles. The Morgan fingerprint density at radius 1 is 0.670 bits per heavy atom. The summed E-state index contributed by atoms with van der Waals surface area (Å²) in [6, 6.07) is 7.89. The molecular formula is C63H82N10O18. The number of aliphatic hydroxyl groups excluding tert-OH is 2. The first-order valence-corrected chi connectivity index (χ1v) is 29.9. The second-order valence-corrected chi connectivity index (χ2v) is 22.4. The van der Waals surface area contributed by atoms with E-state index in [9.17, 15) is 63.3 Å². The van der Waals surface area contributed by atoms with Crippen molar-refractivity contribution in [2.75, 3.05) is 82.8 Å². The van der Waals surface area contributed by atoms with Gasteiger partial charge in [0, 0.05) is 62.6 Å². The minimum absolute atomic E-state index is 0.00587. The fourth-order valence-corrected chi connectivity index (χ4v) is 10.4. The Labute approximate surface area is 526 Å². The molecule has 0 radical (unpaired) electrons. The molecule has 3 aromatic rings. The van der Waals surface area contributed by atoms with Gasteiger partial charge in [0.25, 0.3) is 23.6 Å². The van der Waals surface area contributed by atoms with Gasteiger partial charge in [0.1, 0.15) is 18.7 Å². The zero-order chi connectivity index (χ0) is 66.3. The smallest absolute Gasteiger partial charge is 0.411 e. The molecule has 6 rings (SSSR count). The van der Waals surface area contributed by atoms with E-state index in [1.165, 1.54) is 60.4 Å². The Bertz CT molecular complexity index is 3190. The molecule has 3 aliphatic rings. The van der Waals surface area contributed by atoms with Crippen LogP contribution in [0.1, 0.15) is 111 Å². The van der Waals surface area contributed by atoms with E-state index in [1.54, 1.807) is 38.1 Å². The summed E-state index contributed by atoms with van der Waals surface area (Å²) in [6.45, 7) is 11.5. The number of ether oxygens (including phenoxy) is 5. The quantitative estimate of drug-likeness (QED) is 0.0209. The van der Waals surface area contributed by atoms with Crippen LogP contribution in [0.3, 0.4) is 0 Å². The number of benzene rings is 3. The van der Waals surface area contributed by atoms with Crippen molar-refractivity contribution >= 4 is 76.6 Å². The number of unbranched alkanes of at least 4 members (excludes halogenated alkanes) is 4. The average molecular weight is 1270 g/mol. The monoisotopic (exact) mass is 1270 g/mol. The van der Waals surface area contributed by atoms with E-state index in [4.69, 9.17) is 29.4 Å². The molecule has 0 spiro atoms. The molecule has 28 nitrogen and oxygen atoms in total. The van der Waals surface area contributed by atoms with Crippen molar-refractivity contribution in [3.63, 3.8) is 0 Å². The number of carbonyl (C=O) groups excluding carboxylic acids is 9. The predicted octanol–water partition coefficient (Wildman–Crippen LogP) is 5.19. The molecule has 2 unspecified atom stereocenters. The third kappa shape index (κ3) is 20.4. The lowest BCUT2D eigenvalue weighted by atomic mass is 10.0. The van der Waals surface area contributed by atoms with Gasteiger partial charge in [0.2, 0.25) is 17.7 Å². The van der Waals surface area contributed by atoms with Crippen LogP contribution in [0.5, 0.6) is 23.0 Å². The molecule has 492 valence electrons. The topological polar surface area (TPSA) is 385 Å². The van der Waals surface area contributed by atoms with Crippen LogP contribution in [0.4, 0.5) is 31.4 Å². The summed E-state index contributed by atoms with van der Waals surface area (Å²) in [6.07, 6.45) is 4.28. The highest BCUT2D eigenvalue weighted by Crippen LogP contribution is 2.38. The number of primary amides is 1. The summed E-state index contributed by atoms with van der Waals surface area (Å²) >= 11 is 0. The Morgan fingerprint density at radius 3 is 1.71 bits per heavy atom. The van der Waals surface area contributed by atoms with E-state index in [0.717, 1.165) is 16.0 Å². The van der Waals surface area contributed by atoms with Gasteiger partial charge >= 0.3 is 18.2 Å². The van der Waals surface area contributed by atoms with Crippen molar-refractivity contribution in [2.24, 2.45) is 11.7 Å². The maximum absolute atomic E-state index is 14.2. The number of hydrogen-bond acceptors (Lipinski definition) is 17. The maximum Gasteiger partial charge on any atom is 0.411 e. The highest BCUT2D eigenvalue weighted by atomic mass is 16.5. The number of amides is 11. The third-order valence-electron chi connectivity index (χ3n) is 15.2. The number of nitrogens with two attached hydrogens (primary N) is 1. The summed E-state index contributed by atoms with van der Waals surface area (Å²) in [7, 11) is 2.77. The number of carbonyl (C=O) groups is 10. The number of urea groups is 1. The van der Waals surface area contributed by atoms with Gasteiger partial charge in [-0.05, 0) is 93.5 Å². The first-order valence-electron chi connectivity index (χ1n) is 29.9. The number of likely N-dealkylation sites (tertiary alicyclic amines) is 2. The Hall–Kier alpha value is -9.70. The number of nitrogens with zero attached hydrogens (tertiary/aromatic N) is 3. The van der Waals surface area contributed by atoms with E-state index in [2.05, 4.69) is 45.1 Å². The van der Waals surface area contributed by atoms with Crippen LogP contribution in [0.25, 0.3) is 0 Å². The van der Waals surface area contributed by atoms with E-state index in [0.29, 0.717) is 62.6 Å². The van der Waals surface area contributed by atoms with Crippen molar-refractivity contribution < 1.29 is 86.9 Å². The van der Waals surface area contributed by atoms with Gasteiger partial charge in [0.15, 0.2) is 23.0 Å². The third-order valence-corrected chi connectivity index (χ3v) is 15.2. The van der Waals surface area contributed by atoms with E-state index < -0.39 is 71.9 Å². The van der Waals surface area contributed by atoms with Gasteiger partial charge in [-0.3, -0.25) is 49.1 Å². The predicted molar refractivity (Wildman–Crippen MR) is 333 cm³/mol. The maximum atomic E-state index is 14.2.